The third-order valence-corrected chi connectivity index (χ3v) is 3.20. The van der Waals surface area contributed by atoms with E-state index in [4.69, 9.17) is 0 Å². The lowest BCUT2D eigenvalue weighted by Crippen LogP contribution is -2.36. The Morgan fingerprint density at radius 1 is 0.625 bits per heavy atom. The van der Waals surface area contributed by atoms with E-state index in [9.17, 15) is 0 Å². The van der Waals surface area contributed by atoms with Crippen LogP contribution in [-0.4, -0.2) is 0 Å². The molecule has 0 amide bonds. The van der Waals surface area contributed by atoms with Crippen LogP contribution < -0.4 is 9.13 Å². The van der Waals surface area contributed by atoms with Crippen LogP contribution in [-0.2, 0) is 13.1 Å². The van der Waals surface area contributed by atoms with E-state index in [2.05, 4.69) is 58.2 Å². The molecule has 0 spiro atoms. The van der Waals surface area contributed by atoms with Crippen molar-refractivity contribution in [3.8, 4) is 11.1 Å². The highest BCUT2D eigenvalue weighted by Crippen LogP contribution is 2.15. The molecule has 2 aromatic rings. The Hall–Kier alpha value is -1.70. The van der Waals surface area contributed by atoms with Crippen LogP contribution in [0.15, 0.2) is 49.1 Å². The molecule has 80 valence electrons. The fourth-order valence-electron chi connectivity index (χ4n) is 2.19. The van der Waals surface area contributed by atoms with Gasteiger partial charge in [-0.15, -0.1) is 0 Å². The molecule has 0 unspecified atom stereocenters. The normalized spacial score (nSPS) is 14.5. The van der Waals surface area contributed by atoms with Crippen molar-refractivity contribution in [2.24, 2.45) is 0 Å². The molecule has 2 nitrogen and oxygen atoms in total. The predicted molar refractivity (Wildman–Crippen MR) is 61.5 cm³/mol. The van der Waals surface area contributed by atoms with Gasteiger partial charge >= 0.3 is 0 Å². The highest BCUT2D eigenvalue weighted by atomic mass is 14.9. The molecule has 4 aliphatic heterocycles. The van der Waals surface area contributed by atoms with Gasteiger partial charge in [0.2, 0.25) is 0 Å². The Morgan fingerprint density at radius 2 is 1.00 bits per heavy atom. The molecule has 6 rings (SSSR count). The summed E-state index contributed by atoms with van der Waals surface area (Å²) in [5, 5.41) is 0. The molecule has 0 atom stereocenters. The van der Waals surface area contributed by atoms with Gasteiger partial charge < -0.3 is 0 Å². The van der Waals surface area contributed by atoms with Crippen molar-refractivity contribution < 1.29 is 9.13 Å². The van der Waals surface area contributed by atoms with Gasteiger partial charge in [-0.2, -0.15) is 0 Å². The zero-order chi connectivity index (χ0) is 10.8. The zero-order valence-electron chi connectivity index (χ0n) is 9.34. The van der Waals surface area contributed by atoms with Gasteiger partial charge in [0.15, 0.2) is 24.8 Å². The van der Waals surface area contributed by atoms with Gasteiger partial charge in [-0.05, 0) is 11.1 Å². The van der Waals surface area contributed by atoms with E-state index in [0.29, 0.717) is 0 Å². The summed E-state index contributed by atoms with van der Waals surface area (Å²) in [4.78, 5) is 0. The summed E-state index contributed by atoms with van der Waals surface area (Å²) in [5.74, 6) is 0. The Morgan fingerprint density at radius 3 is 1.38 bits per heavy atom. The van der Waals surface area contributed by atoms with Crippen molar-refractivity contribution in [3.63, 3.8) is 0 Å². The van der Waals surface area contributed by atoms with Crippen LogP contribution in [0.3, 0.4) is 0 Å². The molecule has 6 heterocycles. The summed E-state index contributed by atoms with van der Waals surface area (Å²) in [5.41, 5.74) is 2.59. The van der Waals surface area contributed by atoms with E-state index in [1.807, 2.05) is 0 Å². The van der Waals surface area contributed by atoms with Gasteiger partial charge in [-0.3, -0.25) is 0 Å². The Bertz CT molecular complexity index is 424. The third-order valence-electron chi connectivity index (χ3n) is 3.20. The highest BCUT2D eigenvalue weighted by molar-refractivity contribution is 5.60. The molecule has 2 heteroatoms. The average molecular weight is 212 g/mol. The van der Waals surface area contributed by atoms with Crippen LogP contribution in [0.1, 0.15) is 12.8 Å². The molecular formula is C14H16N2+2. The summed E-state index contributed by atoms with van der Waals surface area (Å²) in [6.45, 7) is 2.24. The van der Waals surface area contributed by atoms with Crippen LogP contribution in [0, 0.1) is 0 Å². The Kier molecular flexibility index (Phi) is 2.41. The standard InChI is InChI=1S/C14H16N2/c1-2-8-16-11-5-14(6-12-16)13-3-9-15(7-1)10-4-13/h3-6,9-12H,1-2,7-8H2/q+2. The molecule has 4 aliphatic rings. The fraction of sp³-hybridized carbons (Fsp3) is 0.286. The highest BCUT2D eigenvalue weighted by Gasteiger charge is 2.08. The Labute approximate surface area is 95.8 Å². The second kappa shape index (κ2) is 4.05. The van der Waals surface area contributed by atoms with E-state index in [0.717, 1.165) is 13.1 Å². The lowest BCUT2D eigenvalue weighted by Gasteiger charge is -2.03. The molecule has 0 aromatic carbocycles. The Balaban J connectivity index is 2.09. The molecule has 2 aromatic heterocycles. The quantitative estimate of drug-likeness (QED) is 0.587. The van der Waals surface area contributed by atoms with Crippen LogP contribution in [0.4, 0.5) is 0 Å². The van der Waals surface area contributed by atoms with Gasteiger partial charge in [-0.1, -0.05) is 0 Å². The summed E-state index contributed by atoms with van der Waals surface area (Å²) in [7, 11) is 0. The first-order valence-corrected chi connectivity index (χ1v) is 5.90. The van der Waals surface area contributed by atoms with Crippen molar-refractivity contribution in [2.45, 2.75) is 25.9 Å². The van der Waals surface area contributed by atoms with Crippen LogP contribution >= 0.6 is 0 Å². The summed E-state index contributed by atoms with van der Waals surface area (Å²) in [6, 6.07) is 8.78. The van der Waals surface area contributed by atoms with Gasteiger partial charge in [0.1, 0.15) is 13.1 Å². The van der Waals surface area contributed by atoms with E-state index in [1.165, 1.54) is 24.0 Å². The van der Waals surface area contributed by atoms with Crippen molar-refractivity contribution in [1.29, 1.82) is 0 Å². The van der Waals surface area contributed by atoms with Crippen molar-refractivity contribution in [1.82, 2.24) is 0 Å². The van der Waals surface area contributed by atoms with Crippen LogP contribution in [0.5, 0.6) is 0 Å². The van der Waals surface area contributed by atoms with Crippen molar-refractivity contribution in [3.05, 3.63) is 49.1 Å². The van der Waals surface area contributed by atoms with Gasteiger partial charge in [0.05, 0.1) is 0 Å². The van der Waals surface area contributed by atoms with Gasteiger partial charge in [0, 0.05) is 37.1 Å². The monoisotopic (exact) mass is 212 g/mol. The van der Waals surface area contributed by atoms with E-state index in [1.54, 1.807) is 0 Å². The minimum atomic E-state index is 1.12. The van der Waals surface area contributed by atoms with Gasteiger partial charge in [-0.25, -0.2) is 9.13 Å². The molecule has 0 radical (unpaired) electrons. The summed E-state index contributed by atoms with van der Waals surface area (Å²) in [6.07, 6.45) is 11.2. The van der Waals surface area contributed by atoms with Crippen molar-refractivity contribution in [2.75, 3.05) is 0 Å². The number of aryl methyl sites for hydroxylation is 2. The minimum absolute atomic E-state index is 1.12. The van der Waals surface area contributed by atoms with Gasteiger partial charge in [0.25, 0.3) is 0 Å². The van der Waals surface area contributed by atoms with E-state index >= 15 is 0 Å². The maximum Gasteiger partial charge on any atom is 0.169 e. The van der Waals surface area contributed by atoms with Crippen LogP contribution in [0.2, 0.25) is 0 Å². The minimum Gasteiger partial charge on any atom is -0.205 e. The molecule has 0 fully saturated rings. The number of rotatable bonds is 0. The predicted octanol–water partition coefficient (Wildman–Crippen LogP) is 1.72. The number of pyridine rings is 2. The third kappa shape index (κ3) is 1.83. The lowest BCUT2D eigenvalue weighted by molar-refractivity contribution is -0.708. The van der Waals surface area contributed by atoms with Crippen LogP contribution in [0.25, 0.3) is 11.1 Å². The largest absolute Gasteiger partial charge is 0.205 e. The molecule has 0 saturated heterocycles. The second-order valence-corrected chi connectivity index (χ2v) is 4.36. The molecule has 4 bridgehead atoms. The first kappa shape index (κ1) is 9.52. The zero-order valence-corrected chi connectivity index (χ0v) is 9.34. The fourth-order valence-corrected chi connectivity index (χ4v) is 2.19. The number of hydrogen-bond acceptors (Lipinski definition) is 0. The van der Waals surface area contributed by atoms with E-state index < -0.39 is 0 Å². The number of hydrogen-bond donors (Lipinski definition) is 0. The molecular weight excluding hydrogens is 196 g/mol. The molecule has 0 aliphatic carbocycles. The van der Waals surface area contributed by atoms with Crippen molar-refractivity contribution >= 4 is 0 Å². The topological polar surface area (TPSA) is 7.76 Å². The average Bonchev–Trinajstić information content (AvgIpc) is 2.33. The SMILES string of the molecule is c1c[n+]2ccc1-c1cc[n+](cc1)CCCC2. The summed E-state index contributed by atoms with van der Waals surface area (Å²) >= 11 is 0. The smallest absolute Gasteiger partial charge is 0.169 e. The molecule has 16 heavy (non-hydrogen) atoms. The number of nitrogens with zero attached hydrogens (tertiary/aromatic N) is 2. The number of aromatic nitrogens is 2. The lowest BCUT2D eigenvalue weighted by atomic mass is 10.1. The second-order valence-electron chi connectivity index (χ2n) is 4.36. The maximum atomic E-state index is 2.27. The summed E-state index contributed by atoms with van der Waals surface area (Å²) < 4.78 is 4.53. The first-order chi connectivity index (χ1) is 7.92. The molecule has 0 saturated carbocycles. The first-order valence-electron chi connectivity index (χ1n) is 5.90. The maximum absolute atomic E-state index is 2.27. The van der Waals surface area contributed by atoms with E-state index in [-0.39, 0.29) is 0 Å². The molecule has 0 N–H and O–H groups in total.